The lowest BCUT2D eigenvalue weighted by molar-refractivity contribution is -0.121. The van der Waals surface area contributed by atoms with Crippen molar-refractivity contribution in [2.45, 2.75) is 18.6 Å². The Morgan fingerprint density at radius 3 is 2.76 bits per heavy atom. The van der Waals surface area contributed by atoms with Gasteiger partial charge in [-0.25, -0.2) is 0 Å². The molecule has 1 aliphatic heterocycles. The summed E-state index contributed by atoms with van der Waals surface area (Å²) in [4.78, 5) is 24.3. The fourth-order valence-corrected chi connectivity index (χ4v) is 2.51. The molecule has 0 saturated carbocycles. The first kappa shape index (κ1) is 12.2. The number of amides is 2. The molecule has 1 saturated heterocycles. The van der Waals surface area contributed by atoms with E-state index in [9.17, 15) is 14.7 Å². The number of likely N-dealkylation sites (tertiary alicyclic amines) is 1. The van der Waals surface area contributed by atoms with Gasteiger partial charge in [-0.2, -0.15) is 0 Å². The minimum absolute atomic E-state index is 0.0592. The number of carbonyl (C=O) groups is 2. The molecule has 0 radical (unpaired) electrons. The highest BCUT2D eigenvalue weighted by Crippen LogP contribution is 2.23. The lowest BCUT2D eigenvalue weighted by Crippen LogP contribution is -2.43. The van der Waals surface area contributed by atoms with Gasteiger partial charge in [0.1, 0.15) is 6.04 Å². The molecule has 2 amide bonds. The normalized spacial score (nSPS) is 24.0. The number of nitrogens with zero attached hydrogens (tertiary/aromatic N) is 3. The van der Waals surface area contributed by atoms with Gasteiger partial charge in [-0.3, -0.25) is 9.59 Å². The van der Waals surface area contributed by atoms with Gasteiger partial charge in [0.05, 0.1) is 6.10 Å². The summed E-state index contributed by atoms with van der Waals surface area (Å²) in [6, 6.07) is -0.805. The SMILES string of the molecule is NC(=O)C1CC(O)CN1C(=O)c1nnc(Cl)s1. The Kier molecular flexibility index (Phi) is 3.27. The van der Waals surface area contributed by atoms with E-state index < -0.39 is 24.0 Å². The Morgan fingerprint density at radius 1 is 1.53 bits per heavy atom. The molecule has 1 fully saturated rings. The molecule has 3 N–H and O–H groups in total. The van der Waals surface area contributed by atoms with Crippen LogP contribution in [0.25, 0.3) is 0 Å². The van der Waals surface area contributed by atoms with Gasteiger partial charge in [-0.1, -0.05) is 11.3 Å². The van der Waals surface area contributed by atoms with Crippen molar-refractivity contribution in [2.75, 3.05) is 6.54 Å². The third-order valence-corrected chi connectivity index (χ3v) is 3.46. The smallest absolute Gasteiger partial charge is 0.285 e. The number of primary amides is 1. The quantitative estimate of drug-likeness (QED) is 0.739. The average Bonchev–Trinajstić information content (AvgIpc) is 2.83. The van der Waals surface area contributed by atoms with E-state index in [1.807, 2.05) is 0 Å². The Hall–Kier alpha value is -1.25. The summed E-state index contributed by atoms with van der Waals surface area (Å²) in [6.45, 7) is 0.0592. The van der Waals surface area contributed by atoms with Gasteiger partial charge >= 0.3 is 0 Å². The van der Waals surface area contributed by atoms with Crippen LogP contribution in [-0.4, -0.2) is 50.7 Å². The molecule has 1 aromatic heterocycles. The van der Waals surface area contributed by atoms with Crippen molar-refractivity contribution in [3.05, 3.63) is 9.47 Å². The highest BCUT2D eigenvalue weighted by molar-refractivity contribution is 7.17. The summed E-state index contributed by atoms with van der Waals surface area (Å²) in [6.07, 6.45) is -0.604. The average molecular weight is 277 g/mol. The van der Waals surface area contributed by atoms with Crippen molar-refractivity contribution in [1.29, 1.82) is 0 Å². The molecule has 0 spiro atoms. The van der Waals surface area contributed by atoms with E-state index in [1.165, 1.54) is 4.90 Å². The van der Waals surface area contributed by atoms with Gasteiger partial charge in [-0.05, 0) is 11.6 Å². The number of aliphatic hydroxyl groups is 1. The second-order valence-corrected chi connectivity index (χ2v) is 5.19. The van der Waals surface area contributed by atoms with Crippen molar-refractivity contribution in [2.24, 2.45) is 5.73 Å². The van der Waals surface area contributed by atoms with E-state index in [2.05, 4.69) is 10.2 Å². The van der Waals surface area contributed by atoms with Crippen molar-refractivity contribution in [3.8, 4) is 0 Å². The molecule has 1 aliphatic rings. The van der Waals surface area contributed by atoms with Crippen LogP contribution in [0.4, 0.5) is 0 Å². The van der Waals surface area contributed by atoms with Crippen LogP contribution >= 0.6 is 22.9 Å². The molecule has 0 aromatic carbocycles. The van der Waals surface area contributed by atoms with Crippen LogP contribution in [0.1, 0.15) is 16.2 Å². The summed E-state index contributed by atoms with van der Waals surface area (Å²) in [5.41, 5.74) is 5.17. The van der Waals surface area contributed by atoms with Crippen molar-refractivity contribution >= 4 is 34.8 Å². The first-order valence-corrected chi connectivity index (χ1v) is 5.96. The van der Waals surface area contributed by atoms with E-state index >= 15 is 0 Å². The fraction of sp³-hybridized carbons (Fsp3) is 0.500. The van der Waals surface area contributed by atoms with Gasteiger partial charge < -0.3 is 15.7 Å². The molecular weight excluding hydrogens is 268 g/mol. The zero-order valence-electron chi connectivity index (χ0n) is 8.54. The van der Waals surface area contributed by atoms with Gasteiger partial charge in [0.25, 0.3) is 5.91 Å². The molecule has 7 nitrogen and oxygen atoms in total. The summed E-state index contributed by atoms with van der Waals surface area (Å²) in [7, 11) is 0. The number of halogens is 1. The second kappa shape index (κ2) is 4.55. The first-order valence-electron chi connectivity index (χ1n) is 4.76. The van der Waals surface area contributed by atoms with Crippen LogP contribution in [0.15, 0.2) is 0 Å². The van der Waals surface area contributed by atoms with Crippen molar-refractivity contribution in [3.63, 3.8) is 0 Å². The van der Waals surface area contributed by atoms with Crippen LogP contribution in [0.3, 0.4) is 0 Å². The fourth-order valence-electron chi connectivity index (χ4n) is 1.72. The largest absolute Gasteiger partial charge is 0.391 e. The summed E-state index contributed by atoms with van der Waals surface area (Å²) < 4.78 is 0.142. The Balaban J connectivity index is 2.21. The number of aliphatic hydroxyl groups excluding tert-OH is 1. The third kappa shape index (κ3) is 2.38. The van der Waals surface area contributed by atoms with Crippen LogP contribution in [0.5, 0.6) is 0 Å². The molecule has 2 rings (SSSR count). The second-order valence-electron chi connectivity index (χ2n) is 3.63. The molecule has 1 aromatic rings. The zero-order valence-corrected chi connectivity index (χ0v) is 10.1. The number of aromatic nitrogens is 2. The van der Waals surface area contributed by atoms with E-state index in [0.717, 1.165) is 11.3 Å². The van der Waals surface area contributed by atoms with Gasteiger partial charge in [-0.15, -0.1) is 10.2 Å². The Labute approximate surface area is 105 Å². The highest BCUT2D eigenvalue weighted by Gasteiger charge is 2.39. The maximum atomic E-state index is 12.0. The number of nitrogens with two attached hydrogens (primary N) is 1. The molecular formula is C8H9ClN4O3S. The third-order valence-electron chi connectivity index (χ3n) is 2.45. The van der Waals surface area contributed by atoms with Crippen LogP contribution in [0, 0.1) is 0 Å². The number of carbonyl (C=O) groups excluding carboxylic acids is 2. The molecule has 92 valence electrons. The molecule has 2 atom stereocenters. The monoisotopic (exact) mass is 276 g/mol. The summed E-state index contributed by atoms with van der Waals surface area (Å²) in [5.74, 6) is -1.14. The molecule has 0 bridgehead atoms. The maximum Gasteiger partial charge on any atom is 0.285 e. The summed E-state index contributed by atoms with van der Waals surface area (Å²) in [5, 5.41) is 16.6. The number of rotatable bonds is 2. The van der Waals surface area contributed by atoms with E-state index in [-0.39, 0.29) is 22.4 Å². The van der Waals surface area contributed by atoms with Gasteiger partial charge in [0.2, 0.25) is 15.4 Å². The van der Waals surface area contributed by atoms with Crippen molar-refractivity contribution < 1.29 is 14.7 Å². The predicted octanol–water partition coefficient (Wildman–Crippen LogP) is -0.748. The number of hydrogen-bond acceptors (Lipinski definition) is 6. The zero-order chi connectivity index (χ0) is 12.6. The summed E-state index contributed by atoms with van der Waals surface area (Å²) >= 11 is 6.49. The minimum Gasteiger partial charge on any atom is -0.391 e. The maximum absolute atomic E-state index is 12.0. The number of β-amino-alcohol motifs (C(OH)–C–C–N with tert-alkyl or cyclic N) is 1. The lowest BCUT2D eigenvalue weighted by atomic mass is 10.2. The Bertz CT molecular complexity index is 465. The van der Waals surface area contributed by atoms with E-state index in [0.29, 0.717) is 0 Å². The van der Waals surface area contributed by atoms with E-state index in [4.69, 9.17) is 17.3 Å². The molecule has 9 heteroatoms. The van der Waals surface area contributed by atoms with E-state index in [1.54, 1.807) is 0 Å². The molecule has 17 heavy (non-hydrogen) atoms. The Morgan fingerprint density at radius 2 is 2.24 bits per heavy atom. The van der Waals surface area contributed by atoms with Gasteiger partial charge in [0.15, 0.2) is 0 Å². The van der Waals surface area contributed by atoms with Crippen LogP contribution in [-0.2, 0) is 4.79 Å². The van der Waals surface area contributed by atoms with Crippen LogP contribution in [0.2, 0.25) is 4.47 Å². The molecule has 2 heterocycles. The standard InChI is InChI=1S/C8H9ClN4O3S/c9-8-12-11-6(17-8)7(16)13-2-3(14)1-4(13)5(10)15/h3-4,14H,1-2H2,(H2,10,15). The van der Waals surface area contributed by atoms with Gasteiger partial charge in [0, 0.05) is 13.0 Å². The first-order chi connectivity index (χ1) is 7.99. The lowest BCUT2D eigenvalue weighted by Gasteiger charge is -2.20. The van der Waals surface area contributed by atoms with Crippen molar-refractivity contribution in [1.82, 2.24) is 15.1 Å². The van der Waals surface area contributed by atoms with Crippen LogP contribution < -0.4 is 5.73 Å². The minimum atomic E-state index is -0.805. The molecule has 2 unspecified atom stereocenters. The number of hydrogen-bond donors (Lipinski definition) is 2. The topological polar surface area (TPSA) is 109 Å². The predicted molar refractivity (Wildman–Crippen MR) is 59.6 cm³/mol. The molecule has 0 aliphatic carbocycles. The highest BCUT2D eigenvalue weighted by atomic mass is 35.5.